The van der Waals surface area contributed by atoms with Gasteiger partial charge >= 0.3 is 0 Å². The van der Waals surface area contributed by atoms with Crippen LogP contribution < -0.4 is 5.32 Å². The molecule has 2 aromatic rings. The predicted molar refractivity (Wildman–Crippen MR) is 109 cm³/mol. The van der Waals surface area contributed by atoms with Gasteiger partial charge in [-0.2, -0.15) is 4.31 Å². The Morgan fingerprint density at radius 3 is 2.36 bits per heavy atom. The number of halogens is 1. The fourth-order valence-corrected chi connectivity index (χ4v) is 5.47. The van der Waals surface area contributed by atoms with E-state index in [2.05, 4.69) is 5.32 Å². The number of hydrogen-bond acceptors (Lipinski definition) is 3. The van der Waals surface area contributed by atoms with Gasteiger partial charge in [0.1, 0.15) is 0 Å². The smallest absolute Gasteiger partial charge is 0.243 e. The van der Waals surface area contributed by atoms with E-state index in [-0.39, 0.29) is 5.91 Å². The van der Waals surface area contributed by atoms with Crippen LogP contribution in [-0.2, 0) is 26.8 Å². The summed E-state index contributed by atoms with van der Waals surface area (Å²) in [7, 11) is -3.41. The van der Waals surface area contributed by atoms with Gasteiger partial charge in [-0.05, 0) is 61.1 Å². The van der Waals surface area contributed by atoms with Crippen molar-refractivity contribution in [2.45, 2.75) is 42.5 Å². The molecule has 1 saturated heterocycles. The van der Waals surface area contributed by atoms with Crippen molar-refractivity contribution in [2.75, 3.05) is 13.1 Å². The first kappa shape index (κ1) is 19.4. The third kappa shape index (κ3) is 3.69. The summed E-state index contributed by atoms with van der Waals surface area (Å²) in [5.41, 5.74) is 1.34. The average molecular weight is 419 g/mol. The molecule has 1 N–H and O–H groups in total. The van der Waals surface area contributed by atoms with Crippen molar-refractivity contribution in [3.8, 4) is 0 Å². The van der Waals surface area contributed by atoms with Crippen LogP contribution in [0.3, 0.4) is 0 Å². The van der Waals surface area contributed by atoms with Crippen molar-refractivity contribution in [1.29, 1.82) is 0 Å². The summed E-state index contributed by atoms with van der Waals surface area (Å²) >= 11 is 6.07. The zero-order valence-electron chi connectivity index (χ0n) is 15.5. The first-order valence-electron chi connectivity index (χ1n) is 9.55. The molecule has 1 aliphatic heterocycles. The molecule has 0 aromatic heterocycles. The molecule has 2 aromatic carbocycles. The van der Waals surface area contributed by atoms with Crippen LogP contribution in [0.1, 0.15) is 36.8 Å². The van der Waals surface area contributed by atoms with Gasteiger partial charge < -0.3 is 5.32 Å². The van der Waals surface area contributed by atoms with Crippen molar-refractivity contribution >= 4 is 27.5 Å². The Morgan fingerprint density at radius 2 is 1.75 bits per heavy atom. The lowest BCUT2D eigenvalue weighted by Gasteiger charge is -2.17. The highest BCUT2D eigenvalue weighted by Crippen LogP contribution is 2.48. The van der Waals surface area contributed by atoms with E-state index in [0.29, 0.717) is 29.6 Å². The largest absolute Gasteiger partial charge is 0.351 e. The second-order valence-electron chi connectivity index (χ2n) is 7.53. The molecule has 1 heterocycles. The van der Waals surface area contributed by atoms with Gasteiger partial charge in [-0.15, -0.1) is 0 Å². The van der Waals surface area contributed by atoms with Crippen LogP contribution in [0.5, 0.6) is 0 Å². The number of nitrogens with one attached hydrogen (secondary N) is 1. The second-order valence-corrected chi connectivity index (χ2v) is 9.90. The Kier molecular flexibility index (Phi) is 5.21. The van der Waals surface area contributed by atoms with Crippen LogP contribution >= 0.6 is 11.6 Å². The van der Waals surface area contributed by atoms with Crippen molar-refractivity contribution in [1.82, 2.24) is 9.62 Å². The van der Waals surface area contributed by atoms with E-state index in [1.165, 1.54) is 4.31 Å². The average Bonchev–Trinajstić information content (AvgIpc) is 3.32. The molecule has 1 aliphatic carbocycles. The van der Waals surface area contributed by atoms with Gasteiger partial charge in [0.15, 0.2) is 0 Å². The molecule has 28 heavy (non-hydrogen) atoms. The lowest BCUT2D eigenvalue weighted by molar-refractivity contribution is -0.123. The summed E-state index contributed by atoms with van der Waals surface area (Å²) in [4.78, 5) is 13.1. The lowest BCUT2D eigenvalue weighted by Crippen LogP contribution is -2.34. The van der Waals surface area contributed by atoms with Gasteiger partial charge in [0.25, 0.3) is 0 Å². The van der Waals surface area contributed by atoms with Crippen LogP contribution in [0, 0.1) is 0 Å². The van der Waals surface area contributed by atoms with Crippen molar-refractivity contribution in [3.63, 3.8) is 0 Å². The van der Waals surface area contributed by atoms with Gasteiger partial charge in [0.2, 0.25) is 15.9 Å². The van der Waals surface area contributed by atoms with E-state index in [1.807, 2.05) is 18.2 Å². The maximum Gasteiger partial charge on any atom is 0.243 e. The van der Waals surface area contributed by atoms with Crippen molar-refractivity contribution < 1.29 is 13.2 Å². The van der Waals surface area contributed by atoms with E-state index >= 15 is 0 Å². The number of nitrogens with zero attached hydrogens (tertiary/aromatic N) is 1. The molecular weight excluding hydrogens is 396 g/mol. The Bertz CT molecular complexity index is 979. The first-order chi connectivity index (χ1) is 13.4. The van der Waals surface area contributed by atoms with E-state index in [9.17, 15) is 13.2 Å². The van der Waals surface area contributed by atoms with Gasteiger partial charge in [-0.25, -0.2) is 8.42 Å². The normalized spacial score (nSPS) is 18.8. The highest BCUT2D eigenvalue weighted by molar-refractivity contribution is 7.89. The highest BCUT2D eigenvalue weighted by Gasteiger charge is 2.51. The summed E-state index contributed by atoms with van der Waals surface area (Å²) in [6, 6.07) is 14.2. The number of carbonyl (C=O) groups is 1. The van der Waals surface area contributed by atoms with E-state index in [1.54, 1.807) is 30.3 Å². The second kappa shape index (κ2) is 7.50. The molecule has 148 valence electrons. The molecular formula is C21H23ClN2O3S. The van der Waals surface area contributed by atoms with E-state index in [4.69, 9.17) is 11.6 Å². The van der Waals surface area contributed by atoms with Crippen molar-refractivity contribution in [2.24, 2.45) is 0 Å². The van der Waals surface area contributed by atoms with Crippen LogP contribution in [0.25, 0.3) is 0 Å². The molecule has 2 fully saturated rings. The fourth-order valence-electron chi connectivity index (χ4n) is 3.77. The molecule has 0 unspecified atom stereocenters. The number of hydrogen-bond donors (Lipinski definition) is 1. The maximum absolute atomic E-state index is 12.8. The van der Waals surface area contributed by atoms with Crippen molar-refractivity contribution in [3.05, 3.63) is 64.7 Å². The third-order valence-electron chi connectivity index (χ3n) is 5.64. The quantitative estimate of drug-likeness (QED) is 0.781. The fraction of sp³-hybridized carbons (Fsp3) is 0.381. The van der Waals surface area contributed by atoms with Crippen LogP contribution in [0.15, 0.2) is 53.4 Å². The first-order valence-corrected chi connectivity index (χ1v) is 11.4. The molecule has 1 amide bonds. The monoisotopic (exact) mass is 418 g/mol. The summed E-state index contributed by atoms with van der Waals surface area (Å²) in [5.74, 6) is -0.0106. The molecule has 1 saturated carbocycles. The van der Waals surface area contributed by atoms with Gasteiger partial charge in [0, 0.05) is 24.7 Å². The molecule has 4 rings (SSSR count). The summed E-state index contributed by atoms with van der Waals surface area (Å²) in [6.45, 7) is 1.54. The number of carbonyl (C=O) groups excluding carboxylic acids is 1. The molecule has 0 bridgehead atoms. The summed E-state index contributed by atoms with van der Waals surface area (Å²) < 4.78 is 26.7. The summed E-state index contributed by atoms with van der Waals surface area (Å²) in [6.07, 6.45) is 3.45. The standard InChI is InChI=1S/C21H23ClN2O3S/c22-18-5-3-4-17(14-18)21(10-11-21)20(25)23-15-16-6-8-19(9-7-16)28(26,27)24-12-1-2-13-24/h3-9,14H,1-2,10-13,15H2,(H,23,25). The summed E-state index contributed by atoms with van der Waals surface area (Å²) in [5, 5.41) is 3.62. The number of benzene rings is 2. The zero-order chi connectivity index (χ0) is 19.8. The molecule has 2 aliphatic rings. The van der Waals surface area contributed by atoms with Gasteiger partial charge in [0.05, 0.1) is 10.3 Å². The number of rotatable bonds is 6. The van der Waals surface area contributed by atoms with Gasteiger partial charge in [-0.3, -0.25) is 4.79 Å². The molecule has 7 heteroatoms. The minimum Gasteiger partial charge on any atom is -0.351 e. The maximum atomic E-state index is 12.8. The number of amides is 1. The van der Waals surface area contributed by atoms with Gasteiger partial charge in [-0.1, -0.05) is 35.9 Å². The Labute approximate surface area is 170 Å². The Balaban J connectivity index is 1.41. The lowest BCUT2D eigenvalue weighted by atomic mass is 9.95. The molecule has 0 spiro atoms. The SMILES string of the molecule is O=C(NCc1ccc(S(=O)(=O)N2CCCC2)cc1)C1(c2cccc(Cl)c2)CC1. The van der Waals surface area contributed by atoms with E-state index < -0.39 is 15.4 Å². The van der Waals surface area contributed by atoms with Crippen LogP contribution in [-0.4, -0.2) is 31.7 Å². The minimum absolute atomic E-state index is 0.0106. The Morgan fingerprint density at radius 1 is 1.07 bits per heavy atom. The Hall–Kier alpha value is -1.89. The van der Waals surface area contributed by atoms with Crippen LogP contribution in [0.4, 0.5) is 0 Å². The molecule has 0 radical (unpaired) electrons. The topological polar surface area (TPSA) is 66.5 Å². The number of sulfonamides is 1. The third-order valence-corrected chi connectivity index (χ3v) is 7.79. The van der Waals surface area contributed by atoms with E-state index in [0.717, 1.165) is 36.8 Å². The highest BCUT2D eigenvalue weighted by atomic mass is 35.5. The van der Waals surface area contributed by atoms with Crippen LogP contribution in [0.2, 0.25) is 5.02 Å². The zero-order valence-corrected chi connectivity index (χ0v) is 17.1. The molecule has 0 atom stereocenters. The predicted octanol–water partition coefficient (Wildman–Crippen LogP) is 3.47. The minimum atomic E-state index is -3.41. The molecule has 5 nitrogen and oxygen atoms in total.